The highest BCUT2D eigenvalue weighted by Gasteiger charge is 2.30. The average molecular weight is 424 g/mol. The number of aliphatic hydroxyl groups is 1. The lowest BCUT2D eigenvalue weighted by molar-refractivity contribution is -0.136. The number of carbonyl (C=O) groups is 1. The Morgan fingerprint density at radius 2 is 1.90 bits per heavy atom. The van der Waals surface area contributed by atoms with Gasteiger partial charge in [0, 0.05) is 45.7 Å². The van der Waals surface area contributed by atoms with Gasteiger partial charge in [-0.25, -0.2) is 9.97 Å². The predicted octanol–water partition coefficient (Wildman–Crippen LogP) is 2.29. The van der Waals surface area contributed by atoms with Crippen molar-refractivity contribution >= 4 is 23.5 Å². The molecule has 2 fully saturated rings. The first-order valence-electron chi connectivity index (χ1n) is 10.9. The molecule has 1 N–H and O–H groups in total. The van der Waals surface area contributed by atoms with Crippen molar-refractivity contribution < 1.29 is 9.90 Å². The molecule has 2 heterocycles. The van der Waals surface area contributed by atoms with Crippen molar-refractivity contribution in [3.8, 4) is 0 Å². The van der Waals surface area contributed by atoms with Gasteiger partial charge in [0.1, 0.15) is 0 Å². The third-order valence-electron chi connectivity index (χ3n) is 6.33. The molecule has 29 heavy (non-hydrogen) atoms. The minimum absolute atomic E-state index is 0.188. The van der Waals surface area contributed by atoms with Crippen LogP contribution >= 0.6 is 11.6 Å². The second kappa shape index (κ2) is 11.1. The zero-order chi connectivity index (χ0) is 20.6. The van der Waals surface area contributed by atoms with Gasteiger partial charge in [0.25, 0.3) is 0 Å². The number of hydrogen-bond donors (Lipinski definition) is 1. The monoisotopic (exact) mass is 423 g/mol. The van der Waals surface area contributed by atoms with E-state index < -0.39 is 0 Å². The lowest BCUT2D eigenvalue weighted by Crippen LogP contribution is -2.40. The van der Waals surface area contributed by atoms with Gasteiger partial charge in [-0.15, -0.1) is 0 Å². The van der Waals surface area contributed by atoms with E-state index in [9.17, 15) is 4.79 Å². The largest absolute Gasteiger partial charge is 0.395 e. The van der Waals surface area contributed by atoms with E-state index in [1.165, 1.54) is 0 Å². The normalized spacial score (nSPS) is 23.6. The van der Waals surface area contributed by atoms with Crippen LogP contribution in [0.15, 0.2) is 12.4 Å². The molecule has 0 spiro atoms. The van der Waals surface area contributed by atoms with Gasteiger partial charge in [0.15, 0.2) is 0 Å². The van der Waals surface area contributed by atoms with Crippen LogP contribution in [0.2, 0.25) is 5.02 Å². The lowest BCUT2D eigenvalue weighted by atomic mass is 9.80. The molecule has 1 aliphatic carbocycles. The standard InChI is InChI=1S/C21H34ClN5O2/c1-25(21-23-15-19(22)16-24-21)10-7-17-3-5-18(6-4-17)20(29)27-9-2-8-26(11-12-27)13-14-28/h15-18,28H,2-14H2,1H3. The SMILES string of the molecule is CN(CCC1CCC(C(=O)N2CCCN(CCO)CC2)CC1)c1ncc(Cl)cn1. The Kier molecular flexibility index (Phi) is 8.51. The topological polar surface area (TPSA) is 72.8 Å². The van der Waals surface area contributed by atoms with E-state index >= 15 is 0 Å². The van der Waals surface area contributed by atoms with Crippen LogP contribution in [0.25, 0.3) is 0 Å². The van der Waals surface area contributed by atoms with Crippen molar-refractivity contribution in [1.29, 1.82) is 0 Å². The van der Waals surface area contributed by atoms with E-state index in [0.717, 1.165) is 71.2 Å². The quantitative estimate of drug-likeness (QED) is 0.725. The molecule has 1 saturated heterocycles. The van der Waals surface area contributed by atoms with Crippen LogP contribution in [0.4, 0.5) is 5.95 Å². The Bertz CT molecular complexity index is 636. The van der Waals surface area contributed by atoms with Crippen LogP contribution in [0.3, 0.4) is 0 Å². The van der Waals surface area contributed by atoms with Crippen molar-refractivity contribution in [3.05, 3.63) is 17.4 Å². The summed E-state index contributed by atoms with van der Waals surface area (Å²) >= 11 is 5.85. The molecule has 1 aliphatic heterocycles. The summed E-state index contributed by atoms with van der Waals surface area (Å²) in [6.45, 7) is 5.32. The van der Waals surface area contributed by atoms with Gasteiger partial charge in [-0.3, -0.25) is 9.69 Å². The van der Waals surface area contributed by atoms with Crippen molar-refractivity contribution in [2.45, 2.75) is 38.5 Å². The van der Waals surface area contributed by atoms with Crippen LogP contribution in [-0.4, -0.2) is 83.7 Å². The second-order valence-electron chi connectivity index (χ2n) is 8.37. The van der Waals surface area contributed by atoms with Gasteiger partial charge in [-0.05, 0) is 51.0 Å². The number of aromatic nitrogens is 2. The van der Waals surface area contributed by atoms with Crippen molar-refractivity contribution in [2.75, 3.05) is 57.8 Å². The van der Waals surface area contributed by atoms with Gasteiger partial charge in [0.2, 0.25) is 11.9 Å². The average Bonchev–Trinajstić information content (AvgIpc) is 2.98. The molecule has 8 heteroatoms. The summed E-state index contributed by atoms with van der Waals surface area (Å²) in [7, 11) is 2.01. The lowest BCUT2D eigenvalue weighted by Gasteiger charge is -2.32. The number of rotatable bonds is 7. The molecular formula is C21H34ClN5O2. The molecule has 3 rings (SSSR count). The van der Waals surface area contributed by atoms with E-state index in [-0.39, 0.29) is 12.5 Å². The maximum atomic E-state index is 13.0. The summed E-state index contributed by atoms with van der Waals surface area (Å²) in [5.74, 6) is 1.90. The van der Waals surface area contributed by atoms with Gasteiger partial charge >= 0.3 is 0 Å². The number of halogens is 1. The number of aliphatic hydroxyl groups excluding tert-OH is 1. The fourth-order valence-electron chi connectivity index (χ4n) is 4.49. The summed E-state index contributed by atoms with van der Waals surface area (Å²) in [4.78, 5) is 27.9. The molecule has 1 aromatic heterocycles. The van der Waals surface area contributed by atoms with Gasteiger partial charge in [-0.1, -0.05) is 11.6 Å². The summed E-state index contributed by atoms with van der Waals surface area (Å²) in [5.41, 5.74) is 0. The number of anilines is 1. The van der Waals surface area contributed by atoms with E-state index in [1.807, 2.05) is 7.05 Å². The number of carbonyl (C=O) groups excluding carboxylic acids is 1. The molecule has 0 radical (unpaired) electrons. The summed E-state index contributed by atoms with van der Waals surface area (Å²) in [6.07, 6.45) is 9.60. The number of nitrogens with zero attached hydrogens (tertiary/aromatic N) is 5. The highest BCUT2D eigenvalue weighted by Crippen LogP contribution is 2.32. The summed E-state index contributed by atoms with van der Waals surface area (Å²) in [6, 6.07) is 0. The zero-order valence-electron chi connectivity index (χ0n) is 17.5. The maximum Gasteiger partial charge on any atom is 0.225 e. The Balaban J connectivity index is 1.39. The summed E-state index contributed by atoms with van der Waals surface area (Å²) in [5, 5.41) is 9.68. The molecule has 2 aliphatic rings. The highest BCUT2D eigenvalue weighted by atomic mass is 35.5. The first kappa shape index (κ1) is 22.2. The molecule has 1 saturated carbocycles. The molecule has 0 aromatic carbocycles. The van der Waals surface area contributed by atoms with Crippen LogP contribution in [0, 0.1) is 11.8 Å². The molecule has 0 atom stereocenters. The minimum atomic E-state index is 0.188. The van der Waals surface area contributed by atoms with Gasteiger partial charge < -0.3 is 14.9 Å². The number of hydrogen-bond acceptors (Lipinski definition) is 6. The Morgan fingerprint density at radius 3 is 2.59 bits per heavy atom. The van der Waals surface area contributed by atoms with E-state index in [4.69, 9.17) is 16.7 Å². The molecule has 1 aromatic rings. The minimum Gasteiger partial charge on any atom is -0.395 e. The van der Waals surface area contributed by atoms with Crippen molar-refractivity contribution in [3.63, 3.8) is 0 Å². The van der Waals surface area contributed by atoms with E-state index in [1.54, 1.807) is 12.4 Å². The first-order chi connectivity index (χ1) is 14.1. The Labute approximate surface area is 179 Å². The van der Waals surface area contributed by atoms with Crippen LogP contribution in [0.1, 0.15) is 38.5 Å². The number of amides is 1. The molecule has 0 bridgehead atoms. The fraction of sp³-hybridized carbons (Fsp3) is 0.762. The van der Waals surface area contributed by atoms with E-state index in [0.29, 0.717) is 29.3 Å². The first-order valence-corrected chi connectivity index (χ1v) is 11.2. The van der Waals surface area contributed by atoms with E-state index in [2.05, 4.69) is 24.7 Å². The second-order valence-corrected chi connectivity index (χ2v) is 8.81. The van der Waals surface area contributed by atoms with Crippen molar-refractivity contribution in [2.24, 2.45) is 11.8 Å². The van der Waals surface area contributed by atoms with Crippen LogP contribution < -0.4 is 4.90 Å². The Hall–Kier alpha value is -1.44. The highest BCUT2D eigenvalue weighted by molar-refractivity contribution is 6.30. The van der Waals surface area contributed by atoms with Crippen LogP contribution in [-0.2, 0) is 4.79 Å². The summed E-state index contributed by atoms with van der Waals surface area (Å²) < 4.78 is 0. The fourth-order valence-corrected chi connectivity index (χ4v) is 4.59. The van der Waals surface area contributed by atoms with Crippen molar-refractivity contribution in [1.82, 2.24) is 19.8 Å². The zero-order valence-corrected chi connectivity index (χ0v) is 18.2. The Morgan fingerprint density at radius 1 is 1.17 bits per heavy atom. The molecule has 1 amide bonds. The van der Waals surface area contributed by atoms with Crippen LogP contribution in [0.5, 0.6) is 0 Å². The third-order valence-corrected chi connectivity index (χ3v) is 6.53. The predicted molar refractivity (Wildman–Crippen MR) is 115 cm³/mol. The number of β-amino-alcohol motifs (C(OH)–C–C–N with tert-alkyl or cyclic N) is 1. The van der Waals surface area contributed by atoms with Gasteiger partial charge in [0.05, 0.1) is 24.0 Å². The molecular weight excluding hydrogens is 390 g/mol. The van der Waals surface area contributed by atoms with Gasteiger partial charge in [-0.2, -0.15) is 0 Å². The molecule has 162 valence electrons. The molecule has 0 unspecified atom stereocenters. The maximum absolute atomic E-state index is 13.0. The smallest absolute Gasteiger partial charge is 0.225 e. The third kappa shape index (κ3) is 6.52. The molecule has 7 nitrogen and oxygen atoms in total.